The Morgan fingerprint density at radius 1 is 0.833 bits per heavy atom. The molecule has 0 aliphatic carbocycles. The summed E-state index contributed by atoms with van der Waals surface area (Å²) in [6.07, 6.45) is -1.81. The van der Waals surface area contributed by atoms with E-state index in [4.69, 9.17) is 54.6 Å². The first-order valence-corrected chi connectivity index (χ1v) is 15.0. The number of hydrogen-bond acceptors (Lipinski definition) is 10. The summed E-state index contributed by atoms with van der Waals surface area (Å²) in [5.74, 6) is -2.97. The van der Waals surface area contributed by atoms with Crippen molar-refractivity contribution in [3.8, 4) is 23.0 Å². The van der Waals surface area contributed by atoms with Gasteiger partial charge in [0.15, 0.2) is 5.16 Å². The molecule has 4 aromatic heterocycles. The Morgan fingerprint density at radius 3 is 2.19 bits per heavy atom. The third kappa shape index (κ3) is 8.32. The second-order valence-electron chi connectivity index (χ2n) is 9.06. The zero-order valence-electron chi connectivity index (χ0n) is 50.5. The quantitative estimate of drug-likeness (QED) is 0.165. The Kier molecular flexibility index (Phi) is 5.38. The molecule has 0 fully saturated rings. The number of aromatic amines is 1. The number of fused-ring (bicyclic) bond motifs is 2. The molecule has 4 heterocycles. The molecule has 246 valence electrons. The fourth-order valence-corrected chi connectivity index (χ4v) is 5.71. The smallest absolute Gasteiger partial charge is 0.497 e. The maximum atomic E-state index is 13.1. The van der Waals surface area contributed by atoms with Gasteiger partial charge >= 0.3 is 29.6 Å². The van der Waals surface area contributed by atoms with Crippen LogP contribution in [0.15, 0.2) is 59.1 Å². The molecule has 6 aromatic rings. The summed E-state index contributed by atoms with van der Waals surface area (Å²) in [4.78, 5) is 22.9. The fraction of sp³-hybridized carbons (Fsp3) is 0.294. The third-order valence-corrected chi connectivity index (χ3v) is 8.17. The Morgan fingerprint density at radius 2 is 1.50 bits per heavy atom. The second kappa shape index (κ2) is 16.7. The number of thioether (sulfide) groups is 1. The first-order valence-electron chi connectivity index (χ1n) is 25.7. The number of aromatic nitrogens is 6. The predicted octanol–water partition coefficient (Wildman–Crippen LogP) is 3.42. The van der Waals surface area contributed by atoms with E-state index in [1.807, 2.05) is 0 Å². The van der Waals surface area contributed by atoms with Crippen LogP contribution in [-0.2, 0) is 22.3 Å². The van der Waals surface area contributed by atoms with E-state index in [2.05, 4.69) is 29.9 Å². The maximum Gasteiger partial charge on any atom is 1.00 e. The first kappa shape index (κ1) is 15.5. The molecule has 1 atom stereocenters. The largest absolute Gasteiger partial charge is 1.00 e. The summed E-state index contributed by atoms with van der Waals surface area (Å²) in [5.41, 5.74) is -3.18. The molecule has 48 heavy (non-hydrogen) atoms. The predicted molar refractivity (Wildman–Crippen MR) is 184 cm³/mol. The van der Waals surface area contributed by atoms with Gasteiger partial charge < -0.3 is 33.9 Å². The molecular weight excluding hydrogens is 660 g/mol. The van der Waals surface area contributed by atoms with Crippen molar-refractivity contribution in [2.75, 3.05) is 28.2 Å². The van der Waals surface area contributed by atoms with Crippen LogP contribution in [0.4, 0.5) is 0 Å². The summed E-state index contributed by atoms with van der Waals surface area (Å²) in [7, 11) is -14.0. The Bertz CT molecular complexity index is 3010. The molecule has 0 aliphatic heterocycles. The first-order chi connectivity index (χ1) is 32.9. The molecular formula is C34H37N6NaO5S2. The molecule has 0 spiro atoms. The van der Waals surface area contributed by atoms with Gasteiger partial charge in [0.2, 0.25) is 0 Å². The van der Waals surface area contributed by atoms with Crippen molar-refractivity contribution in [1.82, 2.24) is 29.9 Å². The second-order valence-corrected chi connectivity index (χ2v) is 11.4. The topological polar surface area (TPSA) is 135 Å². The monoisotopic (exact) mass is 722 g/mol. The van der Waals surface area contributed by atoms with Crippen LogP contribution in [0.1, 0.15) is 69.3 Å². The molecule has 14 heteroatoms. The van der Waals surface area contributed by atoms with Crippen LogP contribution in [-0.4, -0.2) is 57.3 Å². The van der Waals surface area contributed by atoms with Gasteiger partial charge in [0.25, 0.3) is 0 Å². The minimum absolute atomic E-state index is 0. The molecule has 0 unspecified atom stereocenters. The van der Waals surface area contributed by atoms with Crippen molar-refractivity contribution in [1.29, 1.82) is 0 Å². The van der Waals surface area contributed by atoms with Gasteiger partial charge in [-0.05, 0) is 62.7 Å². The summed E-state index contributed by atoms with van der Waals surface area (Å²) in [6.45, 7) is -12.4. The van der Waals surface area contributed by atoms with Crippen LogP contribution in [0.25, 0.3) is 22.1 Å². The average Bonchev–Trinajstić information content (AvgIpc) is 3.76. The van der Waals surface area contributed by atoms with Crippen molar-refractivity contribution >= 4 is 44.6 Å². The van der Waals surface area contributed by atoms with Crippen molar-refractivity contribution < 1.29 is 88.4 Å². The number of imidazole rings is 2. The van der Waals surface area contributed by atoms with Gasteiger partial charge in [-0.3, -0.25) is 14.2 Å². The van der Waals surface area contributed by atoms with Gasteiger partial charge in [0.05, 0.1) is 86.3 Å². The molecule has 0 saturated heterocycles. The number of methoxy groups -OCH3 is 4. The number of H-pyrrole nitrogens is 1. The average molecular weight is 723 g/mol. The number of pyridine rings is 2. The summed E-state index contributed by atoms with van der Waals surface area (Å²) in [5, 5.41) is -0.0388. The minimum atomic E-state index is -3.27. The van der Waals surface area contributed by atoms with Gasteiger partial charge in [0, 0.05) is 68.0 Å². The van der Waals surface area contributed by atoms with Crippen LogP contribution in [0.2, 0.25) is 0 Å². The van der Waals surface area contributed by atoms with Crippen molar-refractivity contribution in [3.05, 3.63) is 82.4 Å². The summed E-state index contributed by atoms with van der Waals surface area (Å²) < 4.78 is 229. The van der Waals surface area contributed by atoms with Gasteiger partial charge in [-0.1, -0.05) is 17.8 Å². The molecule has 0 saturated carbocycles. The normalized spacial score (nSPS) is 21.5. The van der Waals surface area contributed by atoms with Crippen molar-refractivity contribution in [2.45, 2.75) is 49.2 Å². The third-order valence-electron chi connectivity index (χ3n) is 6.16. The van der Waals surface area contributed by atoms with Crippen LogP contribution >= 0.6 is 11.8 Å². The number of nitrogens with one attached hydrogen (secondary N) is 1. The Balaban J connectivity index is 0.000000316. The molecule has 0 amide bonds. The van der Waals surface area contributed by atoms with Crippen LogP contribution in [0.3, 0.4) is 0 Å². The zero-order chi connectivity index (χ0) is 55.4. The summed E-state index contributed by atoms with van der Waals surface area (Å²) in [6, 6.07) is 8.26. The van der Waals surface area contributed by atoms with Crippen LogP contribution in [0, 0.1) is 27.4 Å². The Hall–Kier alpha value is -3.62. The van der Waals surface area contributed by atoms with E-state index in [1.54, 1.807) is 0 Å². The van der Waals surface area contributed by atoms with E-state index in [-0.39, 0.29) is 73.8 Å². The van der Waals surface area contributed by atoms with E-state index >= 15 is 0 Å². The molecule has 11 nitrogen and oxygen atoms in total. The minimum Gasteiger partial charge on any atom is -0.497 e. The van der Waals surface area contributed by atoms with Gasteiger partial charge in [-0.25, -0.2) is 4.98 Å². The number of nitrogens with zero attached hydrogens (tertiary/aromatic N) is 5. The van der Waals surface area contributed by atoms with Crippen molar-refractivity contribution in [3.63, 3.8) is 0 Å². The van der Waals surface area contributed by atoms with Gasteiger partial charge in [-0.15, -0.1) is 0 Å². The molecule has 0 aliphatic rings. The standard InChI is InChI=1S/C17H18N3O3S.C17H19N3O2S.Na/c1-10-8-18-15(11(2)16(10)23-4)9-24(21)17-19-13-6-5-12(22-3)7-14(13)20-17;1-10-8-18-15(11(2)16(10)22-4)9-23-17-19-13-6-5-12(21-3)7-14(13)20-17;/h5-8H,9H2,1-4H3;5-8H,9H2,1-4H3,(H,19,20);/q-1;;+1/t24-;;/m1../s1/i2*1D3,2D3,3D3,4D3,8D;. The van der Waals surface area contributed by atoms with Crippen molar-refractivity contribution in [2.24, 2.45) is 0 Å². The number of benzene rings is 2. The zero-order valence-corrected chi connectivity index (χ0v) is 28.1. The number of ether oxygens (including phenoxy) is 4. The van der Waals surface area contributed by atoms with E-state index in [9.17, 15) is 4.21 Å². The van der Waals surface area contributed by atoms with E-state index in [0.717, 1.165) is 11.8 Å². The summed E-state index contributed by atoms with van der Waals surface area (Å²) >= 11 is 0.946. The van der Waals surface area contributed by atoms with E-state index in [0.29, 0.717) is 11.0 Å². The Labute approximate surface area is 345 Å². The number of rotatable bonds is 10. The van der Waals surface area contributed by atoms with E-state index < -0.39 is 124 Å². The SMILES string of the molecule is [2H]c1nc(CSc2nc3ccc(OC([2H])([2H])[2H])cc3[nH]2)c(C([2H])([2H])[2H])c(OC([2H])([2H])[2H])c1C([2H])([2H])[2H].[2H]c1nc(C[S@@](=O)c2nc3cc(OC([2H])([2H])[2H])ccc3[n-]2)c(C([2H])([2H])[2H])c(OC([2H])([2H])[2H])c1C([2H])([2H])[2H].[Na+]. The molecule has 0 bridgehead atoms. The molecule has 1 N–H and O–H groups in total. The molecule has 0 radical (unpaired) electrons. The van der Waals surface area contributed by atoms with Crippen LogP contribution in [0.5, 0.6) is 23.0 Å². The van der Waals surface area contributed by atoms with Gasteiger partial charge in [-0.2, -0.15) is 0 Å². The molecule has 6 rings (SSSR count). The van der Waals surface area contributed by atoms with E-state index in [1.165, 1.54) is 36.4 Å². The maximum absolute atomic E-state index is 13.1. The number of hydrogen-bond donors (Lipinski definition) is 1. The van der Waals surface area contributed by atoms with Crippen LogP contribution < -0.4 is 53.5 Å². The van der Waals surface area contributed by atoms with Gasteiger partial charge in [0.1, 0.15) is 23.0 Å². The molecule has 2 aromatic carbocycles. The fourth-order valence-electron chi connectivity index (χ4n) is 3.89.